The average molecular weight is 1650 g/mol. The van der Waals surface area contributed by atoms with E-state index in [4.69, 9.17) is 4.42 Å². The topological polar surface area (TPSA) is 157 Å². The van der Waals surface area contributed by atoms with Crippen LogP contribution in [0.15, 0.2) is 333 Å². The molecular weight excluding hydrogens is 1490 g/mol. The summed E-state index contributed by atoms with van der Waals surface area (Å²) in [7, 11) is 0. The van der Waals surface area contributed by atoms with Gasteiger partial charge in [-0.2, -0.15) is 10.2 Å². The fourth-order valence-electron chi connectivity index (χ4n) is 8.30. The van der Waals surface area contributed by atoms with Crippen LogP contribution in [0, 0.1) is 0 Å². The lowest BCUT2D eigenvalue weighted by Gasteiger charge is -1.91. The molecule has 0 aliphatic rings. The maximum absolute atomic E-state index is 5.01. The van der Waals surface area contributed by atoms with Crippen LogP contribution in [-0.4, -0.2) is 58.9 Å². The van der Waals surface area contributed by atoms with Gasteiger partial charge in [-0.3, -0.25) is 9.97 Å². The molecule has 14 heteroatoms. The molecule has 0 aliphatic carbocycles. The number of H-pyrrole nitrogens is 2. The summed E-state index contributed by atoms with van der Waals surface area (Å²) in [6, 6.07) is 82.3. The molecule has 13 nitrogen and oxygen atoms in total. The van der Waals surface area contributed by atoms with Crippen LogP contribution in [0.1, 0.15) is 249 Å². The van der Waals surface area contributed by atoms with Crippen molar-refractivity contribution in [1.82, 2.24) is 58.9 Å². The number of nitrogens with zero attached hydrogens (tertiary/aromatic N) is 10. The number of hydrogen-bond donors (Lipinski definition) is 2. The number of aromatic amines is 2. The molecule has 0 radical (unpaired) electrons. The van der Waals surface area contributed by atoms with Crippen LogP contribution in [0.2, 0.25) is 0 Å². The second-order valence-electron chi connectivity index (χ2n) is 18.1. The Balaban J connectivity index is -0.000000157. The first-order chi connectivity index (χ1) is 59.7. The number of fused-ring (bicyclic) bond motifs is 9. The molecule has 0 fully saturated rings. The van der Waals surface area contributed by atoms with Gasteiger partial charge in [0.05, 0.1) is 50.3 Å². The molecule has 120 heavy (non-hydrogen) atoms. The minimum Gasteiger partial charge on any atom is -0.443 e. The van der Waals surface area contributed by atoms with E-state index in [0.29, 0.717) is 0 Å². The number of nitrogens with one attached hydrogen (secondary N) is 2. The second kappa shape index (κ2) is 104. The minimum atomic E-state index is 0.845. The highest BCUT2D eigenvalue weighted by Crippen LogP contribution is 2.16. The largest absolute Gasteiger partial charge is 0.443 e. The predicted octanol–water partition coefficient (Wildman–Crippen LogP) is 35.7. The van der Waals surface area contributed by atoms with Gasteiger partial charge in [-0.05, 0) is 131 Å². The Hall–Kier alpha value is -11.5. The average Bonchev–Trinajstić information content (AvgIpc) is 1.58. The van der Waals surface area contributed by atoms with E-state index in [1.807, 2.05) is 497 Å². The van der Waals surface area contributed by atoms with Gasteiger partial charge in [-0.15, -0.1) is 11.3 Å². The third kappa shape index (κ3) is 56.8. The quantitative estimate of drug-likeness (QED) is 0.151. The summed E-state index contributed by atoms with van der Waals surface area (Å²) < 4.78 is 10.3. The first-order valence-electron chi connectivity index (χ1n) is 44.8. The van der Waals surface area contributed by atoms with Crippen molar-refractivity contribution < 1.29 is 4.42 Å². The van der Waals surface area contributed by atoms with Crippen molar-refractivity contribution in [3.05, 3.63) is 329 Å². The van der Waals surface area contributed by atoms with Crippen LogP contribution in [0.4, 0.5) is 0 Å². The molecule has 0 bridgehead atoms. The molecule has 0 unspecified atom stereocenters. The van der Waals surface area contributed by atoms with Crippen molar-refractivity contribution in [2.24, 2.45) is 0 Å². The van der Waals surface area contributed by atoms with E-state index in [2.05, 4.69) is 115 Å². The highest BCUT2D eigenvalue weighted by Gasteiger charge is 1.95. The van der Waals surface area contributed by atoms with Gasteiger partial charge in [0, 0.05) is 77.6 Å². The first kappa shape index (κ1) is 127. The SMILES string of the molecule is CC.CC.CC.CC.CC.CC.CC.CC.CC.CC.CC.CC.CC.CC.CC.CC.CC.CC.c1ccc2[nH]ccc2c1.c1ccc2[nH]cnc2c1.c1ccc2cnccc2c1.c1ccc2ncccc2c1.c1ccc2nnccc2c1.c1ccc2ocnc2c1.c1ccc2scnc2c1.c1ccn2cccc2c1.c1ccn2ccnc2c1. The van der Waals surface area contributed by atoms with Crippen molar-refractivity contribution in [3.8, 4) is 0 Å². The maximum atomic E-state index is 5.01. The van der Waals surface area contributed by atoms with Crippen LogP contribution < -0.4 is 0 Å². The summed E-state index contributed by atoms with van der Waals surface area (Å²) in [6.07, 6.45) is 22.0. The maximum Gasteiger partial charge on any atom is 0.181 e. The van der Waals surface area contributed by atoms with Gasteiger partial charge < -0.3 is 23.2 Å². The molecule has 0 spiro atoms. The van der Waals surface area contributed by atoms with Crippen LogP contribution in [0.3, 0.4) is 0 Å². The summed E-state index contributed by atoms with van der Waals surface area (Å²) >= 11 is 1.68. The number of thiazole rings is 1. The van der Waals surface area contributed by atoms with Crippen LogP contribution in [-0.2, 0) is 0 Å². The summed E-state index contributed by atoms with van der Waals surface area (Å²) in [5, 5.41) is 13.8. The Morgan fingerprint density at radius 1 is 0.275 bits per heavy atom. The first-order valence-corrected chi connectivity index (χ1v) is 45.7. The molecule has 660 valence electrons. The van der Waals surface area contributed by atoms with Gasteiger partial charge in [-0.25, -0.2) is 19.9 Å². The Labute approximate surface area is 735 Å². The summed E-state index contributed by atoms with van der Waals surface area (Å²) in [5.74, 6) is 0. The number of rotatable bonds is 0. The molecule has 11 aromatic heterocycles. The molecule has 18 rings (SSSR count). The number of oxazole rings is 1. The highest BCUT2D eigenvalue weighted by molar-refractivity contribution is 7.16. The molecule has 0 saturated carbocycles. The zero-order chi connectivity index (χ0) is 93.1. The molecule has 11 heterocycles. The zero-order valence-electron chi connectivity index (χ0n) is 81.5. The Kier molecular flexibility index (Phi) is 109. The van der Waals surface area contributed by atoms with Crippen molar-refractivity contribution >= 4 is 98.3 Å². The van der Waals surface area contributed by atoms with E-state index in [9.17, 15) is 0 Å². The smallest absolute Gasteiger partial charge is 0.181 e. The van der Waals surface area contributed by atoms with E-state index in [1.165, 1.54) is 43.7 Å². The molecule has 7 aromatic carbocycles. The standard InChI is InChI=1S/2C9H7N.C8H6N2.2C8H7N.2C7H6N2.C7H5NO.C7H5NS.18C2H6/c1-2-6-9-8(4-1)5-3-7-10-9;1-2-4-9-7-10-6-5-8(9)3-1;1-2-4-8-7(3-1)5-6-9-10-8;1-2-6-9-7-3-5-8(9)4-1;1-2-4-8-7(3-1)5-6-9-8;1-2-5-9-6-4-8-7(9)3-1;3*1-2-4-7-6(3-1)8-5-9-7;18*1-2/h2*1-7H;1-6H;1-7H;1-6,9H;1-6H;1-5H,(H,8,9);2*1-5H;18*1-2H3. The molecule has 0 atom stereocenters. The Bertz CT molecular complexity index is 3780. The number of benzene rings is 7. The third-order valence-corrected chi connectivity index (χ3v) is 13.3. The van der Waals surface area contributed by atoms with E-state index in [0.717, 1.165) is 49.7 Å². The molecular formula is C106H164N12OS. The van der Waals surface area contributed by atoms with Crippen molar-refractivity contribution in [2.75, 3.05) is 0 Å². The minimum absolute atomic E-state index is 0.845. The number of pyridine rings is 4. The number of para-hydroxylation sites is 7. The molecule has 0 aliphatic heterocycles. The molecule has 18 aromatic rings. The monoisotopic (exact) mass is 1650 g/mol. The van der Waals surface area contributed by atoms with Crippen LogP contribution >= 0.6 is 11.3 Å². The normalized spacial score (nSPS) is 8.00. The van der Waals surface area contributed by atoms with Crippen molar-refractivity contribution in [3.63, 3.8) is 0 Å². The van der Waals surface area contributed by atoms with Gasteiger partial charge in [0.2, 0.25) is 0 Å². The Morgan fingerprint density at radius 3 is 1.25 bits per heavy atom. The zero-order valence-corrected chi connectivity index (χ0v) is 82.3. The fraction of sp³-hybridized carbons (Fsp3) is 0.340. The second-order valence-corrected chi connectivity index (χ2v) is 19.0. The number of imidazole rings is 2. The number of aromatic nitrogens is 12. The van der Waals surface area contributed by atoms with Gasteiger partial charge in [0.1, 0.15) is 11.2 Å². The lowest BCUT2D eigenvalue weighted by molar-refractivity contribution is 0.602. The van der Waals surface area contributed by atoms with Crippen LogP contribution in [0.25, 0.3) is 87.0 Å². The Morgan fingerprint density at radius 2 is 0.717 bits per heavy atom. The van der Waals surface area contributed by atoms with E-state index in [1.54, 1.807) is 30.1 Å². The van der Waals surface area contributed by atoms with Gasteiger partial charge in [0.15, 0.2) is 12.0 Å². The van der Waals surface area contributed by atoms with Gasteiger partial charge in [0.25, 0.3) is 0 Å². The molecule has 0 saturated heterocycles. The van der Waals surface area contributed by atoms with Crippen LogP contribution in [0.5, 0.6) is 0 Å². The van der Waals surface area contributed by atoms with Gasteiger partial charge >= 0.3 is 0 Å². The fourth-order valence-corrected chi connectivity index (χ4v) is 8.98. The lowest BCUT2D eigenvalue weighted by atomic mass is 10.2. The van der Waals surface area contributed by atoms with E-state index >= 15 is 0 Å². The summed E-state index contributed by atoms with van der Waals surface area (Å²) in [4.78, 5) is 30.6. The third-order valence-electron chi connectivity index (χ3n) is 12.5. The van der Waals surface area contributed by atoms with Gasteiger partial charge in [-0.1, -0.05) is 383 Å². The highest BCUT2D eigenvalue weighted by atomic mass is 32.1. The van der Waals surface area contributed by atoms with E-state index < -0.39 is 0 Å². The predicted molar refractivity (Wildman–Crippen MR) is 548 cm³/mol. The van der Waals surface area contributed by atoms with Crippen molar-refractivity contribution in [2.45, 2.75) is 249 Å². The van der Waals surface area contributed by atoms with Crippen molar-refractivity contribution in [1.29, 1.82) is 0 Å². The summed E-state index contributed by atoms with van der Waals surface area (Å²) in [6.45, 7) is 72.0. The number of hydrogen-bond acceptors (Lipinski definition) is 10. The lowest BCUT2D eigenvalue weighted by Crippen LogP contribution is -1.79. The summed E-state index contributed by atoms with van der Waals surface area (Å²) in [5.41, 5.74) is 12.3. The van der Waals surface area contributed by atoms with E-state index in [-0.39, 0.29) is 0 Å². The molecule has 2 N–H and O–H groups in total. The molecule has 0 amide bonds.